The fraction of sp³-hybridized carbons (Fsp3) is 0.769. The van der Waals surface area contributed by atoms with E-state index in [0.717, 1.165) is 94.7 Å². The van der Waals surface area contributed by atoms with Crippen LogP contribution in [0.15, 0.2) is 89.2 Å². The number of allylic oxidation sites excluding steroid dienone is 8. The van der Waals surface area contributed by atoms with Crippen molar-refractivity contribution >= 4 is 47.8 Å². The van der Waals surface area contributed by atoms with Crippen molar-refractivity contribution in [3.8, 4) is 0 Å². The number of methoxy groups -OCH3 is 8. The van der Waals surface area contributed by atoms with Crippen LogP contribution >= 0.6 is 0 Å². The maximum Gasteiger partial charge on any atom is 0.338 e. The molecule has 0 aromatic carbocycles. The first-order chi connectivity index (χ1) is 58.2. The Morgan fingerprint density at radius 1 is 0.133 bits per heavy atom. The molecule has 16 heteroatoms. The zero-order valence-corrected chi connectivity index (χ0v) is 73.3. The molecule has 0 saturated heterocycles. The first kappa shape index (κ1) is 80.8. The molecule has 0 N–H and O–H groups in total. The monoisotopic (exact) mass is 1640 g/mol. The summed E-state index contributed by atoms with van der Waals surface area (Å²) < 4.78 is 42.8. The van der Waals surface area contributed by atoms with Crippen LogP contribution in [0.2, 0.25) is 0 Å². The molecule has 0 aliphatic heterocycles. The Morgan fingerprint density at radius 3 is 0.258 bits per heavy atom. The summed E-state index contributed by atoms with van der Waals surface area (Å²) in [6.07, 6.45) is 48.8. The second-order valence-corrected chi connectivity index (χ2v) is 45.0. The highest BCUT2D eigenvalue weighted by atomic mass is 16.6. The molecule has 0 radical (unpaired) electrons. The van der Waals surface area contributed by atoms with Gasteiger partial charge in [-0.1, -0.05) is 0 Å². The number of carbonyl (C=O) groups is 8. The van der Waals surface area contributed by atoms with Gasteiger partial charge in [0.25, 0.3) is 0 Å². The maximum absolute atomic E-state index is 13.3. The smallest absolute Gasteiger partial charge is 0.338 e. The molecular formula is C104H136O16. The summed E-state index contributed by atoms with van der Waals surface area (Å²) in [5.74, 6) is 17.7. The van der Waals surface area contributed by atoms with E-state index in [-0.39, 0.29) is 47.8 Å². The van der Waals surface area contributed by atoms with Crippen LogP contribution in [0.4, 0.5) is 0 Å². The van der Waals surface area contributed by atoms with Gasteiger partial charge in [-0.15, -0.1) is 0 Å². The Balaban J connectivity index is 0.0000000990. The zero-order valence-electron chi connectivity index (χ0n) is 73.3. The molecule has 0 spiro atoms. The second kappa shape index (κ2) is 32.0. The van der Waals surface area contributed by atoms with Crippen molar-refractivity contribution in [3.05, 3.63) is 89.2 Å². The van der Waals surface area contributed by atoms with Crippen molar-refractivity contribution in [1.82, 2.24) is 0 Å². The van der Waals surface area contributed by atoms with Crippen LogP contribution < -0.4 is 0 Å². The first-order valence-electron chi connectivity index (χ1n) is 48.8. The molecule has 32 rings (SSSR count). The molecule has 120 heavy (non-hydrogen) atoms. The van der Waals surface area contributed by atoms with Crippen LogP contribution in [0.3, 0.4) is 0 Å². The van der Waals surface area contributed by atoms with Crippen LogP contribution in [-0.2, 0) is 76.3 Å². The van der Waals surface area contributed by atoms with Gasteiger partial charge in [0.05, 0.1) is 101 Å². The topological polar surface area (TPSA) is 210 Å². The number of rotatable bonds is 12. The van der Waals surface area contributed by atoms with E-state index >= 15 is 0 Å². The molecule has 32 bridgehead atoms. The summed E-state index contributed by atoms with van der Waals surface area (Å²) in [5, 5.41) is 0. The van der Waals surface area contributed by atoms with Crippen molar-refractivity contribution in [2.45, 2.75) is 257 Å². The Morgan fingerprint density at radius 2 is 0.200 bits per heavy atom. The van der Waals surface area contributed by atoms with E-state index < -0.39 is 0 Å². The number of esters is 8. The second-order valence-electron chi connectivity index (χ2n) is 45.0. The lowest BCUT2D eigenvalue weighted by molar-refractivity contribution is -0.140. The quantitative estimate of drug-likeness (QED) is 0.101. The summed E-state index contributed by atoms with van der Waals surface area (Å²) in [5.41, 5.74) is 15.1. The molecule has 32 aliphatic rings. The van der Waals surface area contributed by atoms with Gasteiger partial charge >= 0.3 is 47.8 Å². The third kappa shape index (κ3) is 13.9. The van der Waals surface area contributed by atoms with E-state index in [2.05, 4.69) is 0 Å². The van der Waals surface area contributed by atoms with Gasteiger partial charge in [-0.3, -0.25) is 0 Å². The molecular weight excluding hydrogens is 1510 g/mol. The predicted octanol–water partition coefficient (Wildman–Crippen LogP) is 19.4. The molecule has 0 atom stereocenters. The lowest BCUT2D eigenvalue weighted by atomic mass is 9.51. The minimum absolute atomic E-state index is 0.306. The highest BCUT2D eigenvalue weighted by molar-refractivity contribution is 6.11. The molecule has 0 heterocycles. The van der Waals surface area contributed by atoms with Crippen LogP contribution in [0.1, 0.15) is 257 Å². The average Bonchev–Trinajstić information content (AvgIpc) is 0.734. The lowest BCUT2D eigenvalue weighted by Gasteiger charge is -2.53. The highest BCUT2D eigenvalue weighted by Gasteiger charge is 2.59. The van der Waals surface area contributed by atoms with Crippen LogP contribution in [0.5, 0.6) is 0 Å². The zero-order chi connectivity index (χ0) is 82.3. The molecule has 32 fully saturated rings. The van der Waals surface area contributed by atoms with Crippen molar-refractivity contribution < 1.29 is 76.3 Å². The van der Waals surface area contributed by atoms with Crippen LogP contribution in [0.25, 0.3) is 0 Å². The van der Waals surface area contributed by atoms with Gasteiger partial charge in [0.15, 0.2) is 0 Å². The van der Waals surface area contributed by atoms with Gasteiger partial charge in [-0.25, -0.2) is 38.4 Å². The maximum atomic E-state index is 13.3. The Labute approximate surface area is 712 Å². The fourth-order valence-corrected chi connectivity index (χ4v) is 36.5. The van der Waals surface area contributed by atoms with E-state index in [1.54, 1.807) is 0 Å². The Kier molecular flexibility index (Phi) is 21.5. The highest BCUT2D eigenvalue weighted by Crippen LogP contribution is 2.68. The molecule has 0 aromatic heterocycles. The number of hydrogen-bond acceptors (Lipinski definition) is 16. The normalized spacial score (nSPS) is 42.5. The summed E-state index contributed by atoms with van der Waals surface area (Å²) in [7, 11) is 11.7. The molecule has 0 amide bonds. The van der Waals surface area contributed by atoms with Crippen molar-refractivity contribution in [2.75, 3.05) is 56.9 Å². The van der Waals surface area contributed by atoms with Gasteiger partial charge in [0, 0.05) is 0 Å². The summed E-state index contributed by atoms with van der Waals surface area (Å²) in [6.45, 7) is 0. The molecule has 0 aromatic rings. The third-order valence-corrected chi connectivity index (χ3v) is 38.6. The van der Waals surface area contributed by atoms with E-state index in [1.807, 2.05) is 0 Å². The van der Waals surface area contributed by atoms with Gasteiger partial charge < -0.3 is 37.9 Å². The van der Waals surface area contributed by atoms with Crippen LogP contribution in [0, 0.1) is 189 Å². The van der Waals surface area contributed by atoms with Crippen LogP contribution in [-0.4, -0.2) is 105 Å². The van der Waals surface area contributed by atoms with E-state index in [1.165, 1.54) is 358 Å². The predicted molar refractivity (Wildman–Crippen MR) is 449 cm³/mol. The summed E-state index contributed by atoms with van der Waals surface area (Å²) in [4.78, 5) is 106. The Hall–Kier alpha value is -6.32. The molecule has 32 saturated carbocycles. The minimum atomic E-state index is -0.306. The molecule has 0 unspecified atom stereocenters. The average molecular weight is 1640 g/mol. The van der Waals surface area contributed by atoms with Crippen molar-refractivity contribution in [3.63, 3.8) is 0 Å². The first-order valence-corrected chi connectivity index (χ1v) is 48.8. The number of hydrogen-bond donors (Lipinski definition) is 0. The van der Waals surface area contributed by atoms with E-state index in [9.17, 15) is 38.4 Å². The Bertz CT molecular complexity index is 3430. The molecule has 32 aliphatic carbocycles. The lowest BCUT2D eigenvalue weighted by Crippen LogP contribution is -2.44. The summed E-state index contributed by atoms with van der Waals surface area (Å²) in [6, 6.07) is 0. The van der Waals surface area contributed by atoms with Gasteiger partial charge in [0.1, 0.15) is 0 Å². The van der Waals surface area contributed by atoms with Gasteiger partial charge in [-0.2, -0.15) is 0 Å². The van der Waals surface area contributed by atoms with E-state index in [0.29, 0.717) is 139 Å². The summed E-state index contributed by atoms with van der Waals surface area (Å²) >= 11 is 0. The SMILES string of the molecule is COC(=O)C(C(C(=O)OC)=C1C2CC3CC(C2)CC1C3)=C1C2CC3CC(C2)CC1C3.COC(=O)C(C(C(=O)OC)=C1C2CC3CC(C2)CC1C3)=C1C2CC3CC(C2)CC1C3.COC(=O)C(C(C(=O)OC)=C1C2CC3CC(C2)CC1C3)=C1C2CC3CC(C2)CC1C3.COC(=O)C(C(C(=O)OC)=C1C2CC3CC(C2)CC1C3)=C1C2CC3CC(C2)CC1C3. The fourth-order valence-electron chi connectivity index (χ4n) is 36.5. The third-order valence-electron chi connectivity index (χ3n) is 38.6. The van der Waals surface area contributed by atoms with E-state index in [4.69, 9.17) is 37.9 Å². The van der Waals surface area contributed by atoms with Crippen molar-refractivity contribution in [2.24, 2.45) is 189 Å². The van der Waals surface area contributed by atoms with Crippen molar-refractivity contribution in [1.29, 1.82) is 0 Å². The molecule has 16 nitrogen and oxygen atoms in total. The number of carbonyl (C=O) groups excluding carboxylic acids is 8. The standard InChI is InChI=1S/4C26H34O4/c4*1-29-25(27)23(21-17-5-13-3-14(7-17)8-18(21)6-13)24(26(28)30-2)22-19-9-15-4-16(11-19)12-20(22)10-15/h4*13-20H,3-12H2,1-2H3. The number of ether oxygens (including phenoxy) is 8. The minimum Gasteiger partial charge on any atom is -0.465 e. The van der Waals surface area contributed by atoms with Gasteiger partial charge in [-0.05, 0) is 491 Å². The molecule has 648 valence electrons. The van der Waals surface area contributed by atoms with Gasteiger partial charge in [0.2, 0.25) is 0 Å². The largest absolute Gasteiger partial charge is 0.465 e.